The van der Waals surface area contributed by atoms with Gasteiger partial charge in [-0.3, -0.25) is 13.9 Å². The van der Waals surface area contributed by atoms with Gasteiger partial charge in [-0.1, -0.05) is 47.5 Å². The van der Waals surface area contributed by atoms with Crippen LogP contribution in [0.4, 0.5) is 5.69 Å². The highest BCUT2D eigenvalue weighted by Crippen LogP contribution is 2.29. The van der Waals surface area contributed by atoms with Crippen molar-refractivity contribution in [3.05, 3.63) is 88.4 Å². The second-order valence-electron chi connectivity index (χ2n) is 10.4. The highest BCUT2D eigenvalue weighted by molar-refractivity contribution is 7.92. The molecule has 1 N–H and O–H groups in total. The molecule has 0 fully saturated rings. The van der Waals surface area contributed by atoms with Crippen LogP contribution < -0.4 is 14.4 Å². The first-order valence-electron chi connectivity index (χ1n) is 13.1. The van der Waals surface area contributed by atoms with Crippen LogP contribution in [-0.4, -0.2) is 49.9 Å². The summed E-state index contributed by atoms with van der Waals surface area (Å²) < 4.78 is 34.3. The van der Waals surface area contributed by atoms with E-state index >= 15 is 0 Å². The molecule has 3 aromatic rings. The van der Waals surface area contributed by atoms with Gasteiger partial charge in [-0.05, 0) is 83.1 Å². The minimum Gasteiger partial charge on any atom is -0.494 e. The van der Waals surface area contributed by atoms with Gasteiger partial charge in [0.15, 0.2) is 0 Å². The molecule has 0 aliphatic heterocycles. The molecule has 8 nitrogen and oxygen atoms in total. The third-order valence-electron chi connectivity index (χ3n) is 6.10. The van der Waals surface area contributed by atoms with Crippen molar-refractivity contribution in [2.45, 2.75) is 57.6 Å². The molecule has 0 aliphatic rings. The van der Waals surface area contributed by atoms with Crippen molar-refractivity contribution < 1.29 is 22.7 Å². The van der Waals surface area contributed by atoms with Crippen molar-refractivity contribution in [2.24, 2.45) is 0 Å². The maximum absolute atomic E-state index is 14.0. The highest BCUT2D eigenvalue weighted by atomic mass is 35.5. The quantitative estimate of drug-likeness (QED) is 0.287. The van der Waals surface area contributed by atoms with Gasteiger partial charge in [0.05, 0.1) is 17.2 Å². The summed E-state index contributed by atoms with van der Waals surface area (Å²) in [6.45, 7) is 8.65. The number of nitrogens with zero attached hydrogens (tertiary/aromatic N) is 2. The van der Waals surface area contributed by atoms with E-state index < -0.39 is 40.0 Å². The normalized spacial score (nSPS) is 12.4. The predicted molar refractivity (Wildman–Crippen MR) is 163 cm³/mol. The second kappa shape index (κ2) is 13.6. The molecule has 3 aromatic carbocycles. The molecule has 3 rings (SSSR count). The summed E-state index contributed by atoms with van der Waals surface area (Å²) in [5.41, 5.74) is 0.138. The number of hydrogen-bond donors (Lipinski definition) is 1. The van der Waals surface area contributed by atoms with Crippen LogP contribution >= 0.6 is 23.2 Å². The van der Waals surface area contributed by atoms with E-state index in [1.807, 2.05) is 27.7 Å². The summed E-state index contributed by atoms with van der Waals surface area (Å²) in [6, 6.07) is 18.2. The summed E-state index contributed by atoms with van der Waals surface area (Å²) in [6.07, 6.45) is 0. The van der Waals surface area contributed by atoms with Gasteiger partial charge >= 0.3 is 0 Å². The monoisotopic (exact) mass is 619 g/mol. The van der Waals surface area contributed by atoms with E-state index in [1.165, 1.54) is 17.0 Å². The van der Waals surface area contributed by atoms with E-state index in [9.17, 15) is 18.0 Å². The van der Waals surface area contributed by atoms with E-state index in [-0.39, 0.29) is 17.1 Å². The maximum atomic E-state index is 14.0. The molecular formula is C30H35Cl2N3O5S. The number of hydrogen-bond acceptors (Lipinski definition) is 5. The molecule has 0 saturated carbocycles. The Bertz CT molecular complexity index is 1440. The van der Waals surface area contributed by atoms with Crippen LogP contribution in [0, 0.1) is 0 Å². The lowest BCUT2D eigenvalue weighted by molar-refractivity contribution is -0.140. The lowest BCUT2D eigenvalue weighted by Crippen LogP contribution is -2.54. The molecule has 0 aromatic heterocycles. The Balaban J connectivity index is 2.07. The van der Waals surface area contributed by atoms with Gasteiger partial charge in [0.1, 0.15) is 18.3 Å². The summed E-state index contributed by atoms with van der Waals surface area (Å²) >= 11 is 12.8. The molecule has 220 valence electrons. The summed E-state index contributed by atoms with van der Waals surface area (Å²) in [5.74, 6) is -0.472. The standard InChI is InChI=1S/C30H35Cl2N3O5S/c1-6-40-23-17-15-22(16-18-23)35(41(38,39)24-11-8-7-9-12-24)20-28(36)34(21(2)29(37)33-30(3,4)5)19-25-26(31)13-10-14-27(25)32/h7-18,21H,6,19-20H2,1-5H3,(H,33,37)/t21-/m1/s1. The van der Waals surface area contributed by atoms with E-state index in [4.69, 9.17) is 27.9 Å². The zero-order valence-electron chi connectivity index (χ0n) is 23.7. The van der Waals surface area contributed by atoms with Gasteiger partial charge < -0.3 is 15.0 Å². The number of ether oxygens (including phenoxy) is 1. The smallest absolute Gasteiger partial charge is 0.264 e. The lowest BCUT2D eigenvalue weighted by atomic mass is 10.1. The number of anilines is 1. The van der Waals surface area contributed by atoms with Crippen LogP contribution in [0.15, 0.2) is 77.7 Å². The fourth-order valence-corrected chi connectivity index (χ4v) is 5.99. The minimum absolute atomic E-state index is 0.0147. The minimum atomic E-state index is -4.18. The number of carbonyl (C=O) groups is 2. The number of carbonyl (C=O) groups excluding carboxylic acids is 2. The second-order valence-corrected chi connectivity index (χ2v) is 13.1. The van der Waals surface area contributed by atoms with Crippen molar-refractivity contribution in [1.29, 1.82) is 0 Å². The zero-order chi connectivity index (χ0) is 30.4. The first kappa shape index (κ1) is 32.2. The molecule has 2 amide bonds. The Morgan fingerprint density at radius 3 is 2.05 bits per heavy atom. The Morgan fingerprint density at radius 2 is 1.51 bits per heavy atom. The van der Waals surface area contributed by atoms with Crippen LogP contribution in [0.25, 0.3) is 0 Å². The van der Waals surface area contributed by atoms with E-state index in [0.29, 0.717) is 28.0 Å². The summed E-state index contributed by atoms with van der Waals surface area (Å²) in [5, 5.41) is 3.52. The third kappa shape index (κ3) is 8.38. The first-order valence-corrected chi connectivity index (χ1v) is 15.3. The van der Waals surface area contributed by atoms with E-state index in [1.54, 1.807) is 67.6 Å². The highest BCUT2D eigenvalue weighted by Gasteiger charge is 2.34. The maximum Gasteiger partial charge on any atom is 0.264 e. The van der Waals surface area contributed by atoms with Gasteiger partial charge in [-0.25, -0.2) is 8.42 Å². The van der Waals surface area contributed by atoms with Crippen LogP contribution in [-0.2, 0) is 26.2 Å². The summed E-state index contributed by atoms with van der Waals surface area (Å²) in [7, 11) is -4.18. The molecule has 0 bridgehead atoms. The lowest BCUT2D eigenvalue weighted by Gasteiger charge is -2.33. The molecule has 0 spiro atoms. The van der Waals surface area contributed by atoms with Gasteiger partial charge in [0.25, 0.3) is 10.0 Å². The SMILES string of the molecule is CCOc1ccc(N(CC(=O)N(Cc2c(Cl)cccc2Cl)[C@H](C)C(=O)NC(C)(C)C)S(=O)(=O)c2ccccc2)cc1. The number of sulfonamides is 1. The summed E-state index contributed by atoms with van der Waals surface area (Å²) in [4.78, 5) is 28.6. The predicted octanol–water partition coefficient (Wildman–Crippen LogP) is 5.92. The van der Waals surface area contributed by atoms with Gasteiger partial charge in [-0.15, -0.1) is 0 Å². The van der Waals surface area contributed by atoms with Crippen molar-refractivity contribution in [3.8, 4) is 5.75 Å². The number of benzene rings is 3. The van der Waals surface area contributed by atoms with Crippen LogP contribution in [0.2, 0.25) is 10.0 Å². The number of nitrogens with one attached hydrogen (secondary N) is 1. The van der Waals surface area contributed by atoms with Crippen LogP contribution in [0.1, 0.15) is 40.2 Å². The van der Waals surface area contributed by atoms with Crippen molar-refractivity contribution in [2.75, 3.05) is 17.5 Å². The molecule has 0 heterocycles. The molecule has 11 heteroatoms. The number of rotatable bonds is 11. The molecule has 0 unspecified atom stereocenters. The Kier molecular flexibility index (Phi) is 10.7. The molecule has 1 atom stereocenters. The average Bonchev–Trinajstić information content (AvgIpc) is 2.91. The average molecular weight is 621 g/mol. The van der Waals surface area contributed by atoms with Crippen molar-refractivity contribution in [3.63, 3.8) is 0 Å². The number of amides is 2. The Labute approximate surface area is 252 Å². The van der Waals surface area contributed by atoms with E-state index in [2.05, 4.69) is 5.32 Å². The first-order chi connectivity index (χ1) is 19.2. The van der Waals surface area contributed by atoms with Crippen LogP contribution in [0.3, 0.4) is 0 Å². The largest absolute Gasteiger partial charge is 0.494 e. The van der Waals surface area contributed by atoms with Crippen molar-refractivity contribution >= 4 is 50.7 Å². The van der Waals surface area contributed by atoms with Gasteiger partial charge in [-0.2, -0.15) is 0 Å². The molecule has 0 aliphatic carbocycles. The van der Waals surface area contributed by atoms with E-state index in [0.717, 1.165) is 4.31 Å². The Hall–Kier alpha value is -3.27. The fraction of sp³-hybridized carbons (Fsp3) is 0.333. The topological polar surface area (TPSA) is 96.0 Å². The zero-order valence-corrected chi connectivity index (χ0v) is 26.1. The molecular weight excluding hydrogens is 585 g/mol. The molecule has 0 radical (unpaired) electrons. The van der Waals surface area contributed by atoms with Gasteiger partial charge in [0, 0.05) is 27.7 Å². The Morgan fingerprint density at radius 1 is 0.927 bits per heavy atom. The molecule has 41 heavy (non-hydrogen) atoms. The van der Waals surface area contributed by atoms with Gasteiger partial charge in [0.2, 0.25) is 11.8 Å². The van der Waals surface area contributed by atoms with Crippen LogP contribution in [0.5, 0.6) is 5.75 Å². The molecule has 0 saturated heterocycles. The third-order valence-corrected chi connectivity index (χ3v) is 8.60. The number of halogens is 2. The fourth-order valence-electron chi connectivity index (χ4n) is 4.03. The van der Waals surface area contributed by atoms with Crippen molar-refractivity contribution in [1.82, 2.24) is 10.2 Å².